The van der Waals surface area contributed by atoms with Crippen molar-refractivity contribution in [1.29, 1.82) is 0 Å². The van der Waals surface area contributed by atoms with E-state index in [1.54, 1.807) is 29.6 Å². The third-order valence-electron chi connectivity index (χ3n) is 6.70. The molecule has 1 saturated heterocycles. The Bertz CT molecular complexity index is 1260. The van der Waals surface area contributed by atoms with Crippen molar-refractivity contribution < 1.29 is 28.0 Å². The van der Waals surface area contributed by atoms with Gasteiger partial charge in [-0.15, -0.1) is 0 Å². The van der Waals surface area contributed by atoms with Crippen LogP contribution in [-0.4, -0.2) is 58.1 Å². The van der Waals surface area contributed by atoms with Gasteiger partial charge in [0.1, 0.15) is 29.6 Å². The third kappa shape index (κ3) is 4.35. The number of amides is 4. The maximum atomic E-state index is 14.6. The summed E-state index contributed by atoms with van der Waals surface area (Å²) in [6.07, 6.45) is 0.371. The highest BCUT2D eigenvalue weighted by atomic mass is 35.5. The summed E-state index contributed by atoms with van der Waals surface area (Å²) in [6.45, 7) is -0.165. The van der Waals surface area contributed by atoms with Crippen molar-refractivity contribution in [2.75, 3.05) is 0 Å². The highest BCUT2D eigenvalue weighted by molar-refractivity contribution is 6.42. The number of nitrogens with zero attached hydrogens (tertiary/aromatic N) is 1. The quantitative estimate of drug-likeness (QED) is 0.375. The molecular formula is C22H21B3ClF2N3O4. The molecule has 1 fully saturated rings. The van der Waals surface area contributed by atoms with E-state index in [0.717, 1.165) is 12.1 Å². The van der Waals surface area contributed by atoms with Gasteiger partial charge in [0.15, 0.2) is 0 Å². The lowest BCUT2D eigenvalue weighted by atomic mass is 9.73. The minimum absolute atomic E-state index is 0.139. The summed E-state index contributed by atoms with van der Waals surface area (Å²) in [4.78, 5) is 51.1. The summed E-state index contributed by atoms with van der Waals surface area (Å²) in [5.74, 6) is -6.87. The monoisotopic (exact) mass is 497 g/mol. The van der Waals surface area contributed by atoms with Crippen LogP contribution in [0.3, 0.4) is 0 Å². The van der Waals surface area contributed by atoms with E-state index in [0.29, 0.717) is 27.6 Å². The van der Waals surface area contributed by atoms with Crippen LogP contribution in [0, 0.1) is 0 Å². The Hall–Kier alpha value is -3.14. The van der Waals surface area contributed by atoms with E-state index in [1.165, 1.54) is 17.0 Å². The standard InChI is InChI=1S/C22H21B3ClF2N3O4/c23-12-7-9(8-29-21(35)22(27,28)10-1-3-11(26)4-2-10)17(24)16-15(12)20(34)31(18(16)25)13-5-6-14(32)30-19(13)33/h1-4,7,13,18H,5-6,8,23-25H2,(H,29,35)(H,30,32,33). The molecule has 35 heavy (non-hydrogen) atoms. The maximum Gasteiger partial charge on any atom is 0.349 e. The zero-order valence-corrected chi connectivity index (χ0v) is 20.1. The first-order valence-corrected chi connectivity index (χ1v) is 11.5. The molecule has 2 aromatic rings. The first-order chi connectivity index (χ1) is 16.4. The normalized spacial score (nSPS) is 20.0. The molecule has 0 bridgehead atoms. The van der Waals surface area contributed by atoms with Crippen molar-refractivity contribution in [2.24, 2.45) is 0 Å². The lowest BCUT2D eigenvalue weighted by Gasteiger charge is -2.33. The molecule has 0 saturated carbocycles. The third-order valence-corrected chi connectivity index (χ3v) is 6.95. The predicted molar refractivity (Wildman–Crippen MR) is 134 cm³/mol. The number of imide groups is 1. The molecule has 13 heteroatoms. The number of alkyl halides is 2. The van der Waals surface area contributed by atoms with Gasteiger partial charge in [-0.1, -0.05) is 40.7 Å². The van der Waals surface area contributed by atoms with Gasteiger partial charge in [0.05, 0.1) is 0 Å². The second kappa shape index (κ2) is 9.15. The number of nitrogens with one attached hydrogen (secondary N) is 2. The Kier molecular flexibility index (Phi) is 6.53. The number of piperidine rings is 1. The summed E-state index contributed by atoms with van der Waals surface area (Å²) in [7, 11) is 5.27. The Morgan fingerprint density at radius 1 is 1.20 bits per heavy atom. The summed E-state index contributed by atoms with van der Waals surface area (Å²) in [5, 5.41) is 4.86. The zero-order chi connectivity index (χ0) is 25.7. The molecule has 7 nitrogen and oxygen atoms in total. The molecule has 2 aliphatic heterocycles. The number of carbonyl (C=O) groups excluding carboxylic acids is 4. The fourth-order valence-corrected chi connectivity index (χ4v) is 5.01. The van der Waals surface area contributed by atoms with Crippen LogP contribution in [0.2, 0.25) is 5.02 Å². The van der Waals surface area contributed by atoms with Gasteiger partial charge < -0.3 is 10.2 Å². The van der Waals surface area contributed by atoms with Gasteiger partial charge in [0, 0.05) is 35.1 Å². The van der Waals surface area contributed by atoms with Gasteiger partial charge in [-0.05, 0) is 29.7 Å². The second-order valence-electron chi connectivity index (χ2n) is 8.89. The average molecular weight is 497 g/mol. The minimum Gasteiger partial charge on any atom is -0.346 e. The van der Waals surface area contributed by atoms with Crippen LogP contribution < -0.4 is 21.6 Å². The molecule has 178 valence electrons. The molecule has 4 rings (SSSR count). The average Bonchev–Trinajstić information content (AvgIpc) is 3.06. The van der Waals surface area contributed by atoms with Crippen LogP contribution in [0.4, 0.5) is 8.78 Å². The smallest absolute Gasteiger partial charge is 0.346 e. The molecule has 0 aliphatic carbocycles. The lowest BCUT2D eigenvalue weighted by Crippen LogP contribution is -2.53. The molecule has 2 atom stereocenters. The molecular weight excluding hydrogens is 476 g/mol. The number of carbonyl (C=O) groups is 4. The topological polar surface area (TPSA) is 95.6 Å². The number of halogens is 3. The number of hydrogen-bond acceptors (Lipinski definition) is 4. The van der Waals surface area contributed by atoms with Gasteiger partial charge in [-0.2, -0.15) is 8.78 Å². The molecule has 2 aromatic carbocycles. The van der Waals surface area contributed by atoms with Gasteiger partial charge in [-0.25, -0.2) is 0 Å². The van der Waals surface area contributed by atoms with E-state index in [1.807, 2.05) is 0 Å². The molecule has 2 N–H and O–H groups in total. The van der Waals surface area contributed by atoms with Crippen LogP contribution in [-0.2, 0) is 26.9 Å². The number of rotatable bonds is 5. The largest absolute Gasteiger partial charge is 0.349 e. The van der Waals surface area contributed by atoms with Crippen molar-refractivity contribution >= 4 is 69.7 Å². The number of hydrogen-bond donors (Lipinski definition) is 2. The Morgan fingerprint density at radius 3 is 2.49 bits per heavy atom. The second-order valence-corrected chi connectivity index (χ2v) is 9.32. The highest BCUT2D eigenvalue weighted by Gasteiger charge is 2.45. The summed E-state index contributed by atoms with van der Waals surface area (Å²) >= 11 is 5.75. The van der Waals surface area contributed by atoms with E-state index >= 15 is 0 Å². The molecule has 2 aliphatic rings. The van der Waals surface area contributed by atoms with Crippen molar-refractivity contribution in [3.8, 4) is 0 Å². The summed E-state index contributed by atoms with van der Waals surface area (Å²) < 4.78 is 29.3. The predicted octanol–water partition coefficient (Wildman–Crippen LogP) is -1.84. The Balaban J connectivity index is 1.57. The van der Waals surface area contributed by atoms with Gasteiger partial charge >= 0.3 is 5.92 Å². The molecule has 0 radical (unpaired) electrons. The van der Waals surface area contributed by atoms with Gasteiger partial charge in [0.25, 0.3) is 11.8 Å². The van der Waals surface area contributed by atoms with E-state index in [4.69, 9.17) is 11.6 Å². The first kappa shape index (κ1) is 25.0. The number of benzene rings is 2. The van der Waals surface area contributed by atoms with E-state index in [2.05, 4.69) is 10.6 Å². The van der Waals surface area contributed by atoms with Crippen molar-refractivity contribution in [2.45, 2.75) is 37.3 Å². The summed E-state index contributed by atoms with van der Waals surface area (Å²) in [5.41, 5.74) is 2.56. The van der Waals surface area contributed by atoms with Crippen LogP contribution in [0.5, 0.6) is 0 Å². The molecule has 2 unspecified atom stereocenters. The fourth-order valence-electron chi connectivity index (χ4n) is 4.88. The molecule has 4 amide bonds. The van der Waals surface area contributed by atoms with E-state index in [9.17, 15) is 28.0 Å². The summed E-state index contributed by atoms with van der Waals surface area (Å²) in [6, 6.07) is 5.69. The van der Waals surface area contributed by atoms with Crippen molar-refractivity contribution in [3.05, 3.63) is 57.6 Å². The molecule has 0 aromatic heterocycles. The lowest BCUT2D eigenvalue weighted by molar-refractivity contribution is -0.147. The van der Waals surface area contributed by atoms with Crippen LogP contribution >= 0.6 is 11.6 Å². The van der Waals surface area contributed by atoms with Crippen LogP contribution in [0.15, 0.2) is 30.3 Å². The fraction of sp³-hybridized carbons (Fsp3) is 0.273. The zero-order valence-electron chi connectivity index (χ0n) is 19.4. The van der Waals surface area contributed by atoms with Gasteiger partial charge in [-0.3, -0.25) is 24.5 Å². The van der Waals surface area contributed by atoms with Gasteiger partial charge in [0.2, 0.25) is 11.8 Å². The highest BCUT2D eigenvalue weighted by Crippen LogP contribution is 2.34. The Labute approximate surface area is 208 Å². The van der Waals surface area contributed by atoms with E-state index < -0.39 is 35.3 Å². The SMILES string of the molecule is Bc1cc(CNC(=O)C(F)(F)c2ccc(Cl)cc2)c(B)c2c1C(=O)N(C1CCC(=O)NC1=O)C2B. The maximum absolute atomic E-state index is 14.6. The van der Waals surface area contributed by atoms with Crippen molar-refractivity contribution in [3.63, 3.8) is 0 Å². The number of fused-ring (bicyclic) bond motifs is 1. The van der Waals surface area contributed by atoms with E-state index in [-0.39, 0.29) is 36.2 Å². The first-order valence-electron chi connectivity index (χ1n) is 11.1. The Morgan fingerprint density at radius 2 is 1.86 bits per heavy atom. The van der Waals surface area contributed by atoms with Crippen LogP contribution in [0.1, 0.15) is 45.8 Å². The molecule has 0 spiro atoms. The minimum atomic E-state index is -3.75. The molecule has 2 heterocycles. The van der Waals surface area contributed by atoms with Crippen LogP contribution in [0.25, 0.3) is 0 Å². The van der Waals surface area contributed by atoms with Crippen molar-refractivity contribution in [1.82, 2.24) is 15.5 Å².